The molecule has 2 aromatic rings. The molecule has 0 amide bonds. The van der Waals surface area contributed by atoms with E-state index in [1.54, 1.807) is 0 Å². The Bertz CT molecular complexity index is 613. The van der Waals surface area contributed by atoms with Gasteiger partial charge in [-0.05, 0) is 43.4 Å². The summed E-state index contributed by atoms with van der Waals surface area (Å²) in [6.45, 7) is 0. The topological polar surface area (TPSA) is 45.2 Å². The van der Waals surface area contributed by atoms with E-state index in [0.717, 1.165) is 29.3 Å². The summed E-state index contributed by atoms with van der Waals surface area (Å²) in [6.07, 6.45) is 5.84. The molecule has 3 heterocycles. The average Bonchev–Trinajstić information content (AvgIpc) is 2.78. The largest absolute Gasteiger partial charge is 0.385 e. The number of nitrogens with zero attached hydrogens (tertiary/aromatic N) is 1. The number of benzene rings is 1. The van der Waals surface area contributed by atoms with Crippen molar-refractivity contribution in [2.24, 2.45) is 0 Å². The number of hydrogen-bond donors (Lipinski definition) is 2. The molecular formula is C16H18N2O. The van der Waals surface area contributed by atoms with Gasteiger partial charge in [-0.15, -0.1) is 0 Å². The molecule has 2 bridgehead atoms. The van der Waals surface area contributed by atoms with Crippen molar-refractivity contribution in [2.45, 2.75) is 43.4 Å². The number of nitrogens with one attached hydrogen (secondary N) is 1. The Labute approximate surface area is 112 Å². The number of aliphatic hydroxyl groups is 1. The summed E-state index contributed by atoms with van der Waals surface area (Å²) in [6, 6.07) is 11.1. The molecular weight excluding hydrogens is 236 g/mol. The molecule has 2 N–H and O–H groups in total. The minimum atomic E-state index is -0.678. The number of aromatic nitrogens is 1. The highest BCUT2D eigenvalue weighted by Gasteiger charge is 2.43. The molecule has 2 fully saturated rings. The van der Waals surface area contributed by atoms with Gasteiger partial charge in [-0.2, -0.15) is 0 Å². The molecule has 0 spiro atoms. The first kappa shape index (κ1) is 11.4. The quantitative estimate of drug-likeness (QED) is 0.821. The molecule has 2 saturated heterocycles. The lowest BCUT2D eigenvalue weighted by molar-refractivity contribution is -0.0113. The molecule has 2 unspecified atom stereocenters. The maximum atomic E-state index is 11.0. The molecule has 2 aliphatic rings. The van der Waals surface area contributed by atoms with Crippen molar-refractivity contribution in [2.75, 3.05) is 0 Å². The molecule has 4 rings (SSSR count). The first-order chi connectivity index (χ1) is 9.23. The Hall–Kier alpha value is -1.45. The second-order valence-corrected chi connectivity index (χ2v) is 5.99. The van der Waals surface area contributed by atoms with Crippen LogP contribution in [0.3, 0.4) is 0 Å². The van der Waals surface area contributed by atoms with Crippen LogP contribution in [-0.4, -0.2) is 22.2 Å². The van der Waals surface area contributed by atoms with E-state index in [9.17, 15) is 5.11 Å². The van der Waals surface area contributed by atoms with Crippen molar-refractivity contribution >= 4 is 10.9 Å². The zero-order valence-electron chi connectivity index (χ0n) is 10.8. The fraction of sp³-hybridized carbons (Fsp3) is 0.438. The van der Waals surface area contributed by atoms with Crippen LogP contribution in [0.5, 0.6) is 0 Å². The number of fused-ring (bicyclic) bond motifs is 3. The van der Waals surface area contributed by atoms with Crippen molar-refractivity contribution in [1.29, 1.82) is 0 Å². The smallest absolute Gasteiger partial charge is 0.0927 e. The molecule has 1 aromatic heterocycles. The normalized spacial score (nSPS) is 33.7. The average molecular weight is 254 g/mol. The predicted octanol–water partition coefficient (Wildman–Crippen LogP) is 2.34. The molecule has 2 aliphatic heterocycles. The van der Waals surface area contributed by atoms with Gasteiger partial charge in [0, 0.05) is 23.7 Å². The number of hydrogen-bond acceptors (Lipinski definition) is 3. The van der Waals surface area contributed by atoms with Gasteiger partial charge in [0.15, 0.2) is 0 Å². The summed E-state index contributed by atoms with van der Waals surface area (Å²) in [5.41, 5.74) is 1.32. The summed E-state index contributed by atoms with van der Waals surface area (Å²) >= 11 is 0. The maximum absolute atomic E-state index is 11.0. The van der Waals surface area contributed by atoms with E-state index in [1.807, 2.05) is 12.3 Å². The molecule has 98 valence electrons. The first-order valence-electron chi connectivity index (χ1n) is 7.07. The Morgan fingerprint density at radius 2 is 1.95 bits per heavy atom. The highest BCUT2D eigenvalue weighted by Crippen LogP contribution is 2.41. The van der Waals surface area contributed by atoms with Gasteiger partial charge >= 0.3 is 0 Å². The van der Waals surface area contributed by atoms with Gasteiger partial charge in [0.1, 0.15) is 0 Å². The molecule has 3 heteroatoms. The van der Waals surface area contributed by atoms with Crippen LogP contribution < -0.4 is 5.32 Å². The lowest BCUT2D eigenvalue weighted by Gasteiger charge is -2.37. The molecule has 0 saturated carbocycles. The lowest BCUT2D eigenvalue weighted by atomic mass is 9.81. The van der Waals surface area contributed by atoms with E-state index in [2.05, 4.69) is 34.6 Å². The zero-order valence-corrected chi connectivity index (χ0v) is 10.8. The fourth-order valence-corrected chi connectivity index (χ4v) is 3.71. The van der Waals surface area contributed by atoms with Gasteiger partial charge in [0.05, 0.1) is 11.1 Å². The fourth-order valence-electron chi connectivity index (χ4n) is 3.71. The van der Waals surface area contributed by atoms with E-state index < -0.39 is 5.60 Å². The summed E-state index contributed by atoms with van der Waals surface area (Å²) in [4.78, 5) is 4.39. The SMILES string of the molecule is OC1(c2ccc3cccnc3c2)CC2CCC(C1)N2. The van der Waals surface area contributed by atoms with Crippen molar-refractivity contribution in [3.8, 4) is 0 Å². The van der Waals surface area contributed by atoms with Crippen LogP contribution in [0.1, 0.15) is 31.2 Å². The molecule has 19 heavy (non-hydrogen) atoms. The third-order valence-electron chi connectivity index (χ3n) is 4.65. The minimum absolute atomic E-state index is 0.475. The van der Waals surface area contributed by atoms with E-state index in [4.69, 9.17) is 0 Å². The van der Waals surface area contributed by atoms with Crippen molar-refractivity contribution < 1.29 is 5.11 Å². The van der Waals surface area contributed by atoms with Gasteiger partial charge in [-0.25, -0.2) is 0 Å². The number of piperidine rings is 1. The molecule has 3 nitrogen and oxygen atoms in total. The van der Waals surface area contributed by atoms with Crippen LogP contribution >= 0.6 is 0 Å². The summed E-state index contributed by atoms with van der Waals surface area (Å²) < 4.78 is 0. The van der Waals surface area contributed by atoms with Crippen LogP contribution in [0, 0.1) is 0 Å². The van der Waals surface area contributed by atoms with Crippen LogP contribution in [0.4, 0.5) is 0 Å². The van der Waals surface area contributed by atoms with E-state index in [0.29, 0.717) is 12.1 Å². The molecule has 0 aliphatic carbocycles. The second kappa shape index (κ2) is 4.02. The summed E-state index contributed by atoms with van der Waals surface area (Å²) in [5, 5.41) is 15.7. The van der Waals surface area contributed by atoms with E-state index in [1.165, 1.54) is 12.8 Å². The third-order valence-corrected chi connectivity index (χ3v) is 4.65. The Morgan fingerprint density at radius 1 is 1.16 bits per heavy atom. The predicted molar refractivity (Wildman–Crippen MR) is 74.8 cm³/mol. The Kier molecular flexibility index (Phi) is 2.41. The van der Waals surface area contributed by atoms with Gasteiger partial charge in [0.2, 0.25) is 0 Å². The highest BCUT2D eigenvalue weighted by atomic mass is 16.3. The Balaban J connectivity index is 1.76. The van der Waals surface area contributed by atoms with Gasteiger partial charge in [0.25, 0.3) is 0 Å². The van der Waals surface area contributed by atoms with Crippen molar-refractivity contribution in [1.82, 2.24) is 10.3 Å². The first-order valence-corrected chi connectivity index (χ1v) is 7.07. The van der Waals surface area contributed by atoms with Crippen LogP contribution in [0.25, 0.3) is 10.9 Å². The standard InChI is InChI=1S/C16H18N2O/c19-16(9-13-5-6-14(10-16)18-13)12-4-3-11-2-1-7-17-15(11)8-12/h1-4,7-8,13-14,18-19H,5-6,9-10H2. The maximum Gasteiger partial charge on any atom is 0.0927 e. The van der Waals surface area contributed by atoms with Crippen LogP contribution in [0.15, 0.2) is 36.5 Å². The number of rotatable bonds is 1. The highest BCUT2D eigenvalue weighted by molar-refractivity contribution is 5.79. The summed E-state index contributed by atoms with van der Waals surface area (Å²) in [5.74, 6) is 0. The summed E-state index contributed by atoms with van der Waals surface area (Å²) in [7, 11) is 0. The minimum Gasteiger partial charge on any atom is -0.385 e. The van der Waals surface area contributed by atoms with Gasteiger partial charge in [-0.1, -0.05) is 18.2 Å². The molecule has 1 aromatic carbocycles. The zero-order chi connectivity index (χ0) is 12.9. The van der Waals surface area contributed by atoms with E-state index in [-0.39, 0.29) is 0 Å². The van der Waals surface area contributed by atoms with Crippen molar-refractivity contribution in [3.05, 3.63) is 42.1 Å². The van der Waals surface area contributed by atoms with Crippen LogP contribution in [0.2, 0.25) is 0 Å². The Morgan fingerprint density at radius 3 is 2.74 bits per heavy atom. The van der Waals surface area contributed by atoms with Gasteiger partial charge < -0.3 is 10.4 Å². The van der Waals surface area contributed by atoms with Crippen molar-refractivity contribution in [3.63, 3.8) is 0 Å². The van der Waals surface area contributed by atoms with E-state index >= 15 is 0 Å². The third kappa shape index (κ3) is 1.85. The molecule has 2 atom stereocenters. The second-order valence-electron chi connectivity index (χ2n) is 5.99. The number of pyridine rings is 1. The lowest BCUT2D eigenvalue weighted by Crippen LogP contribution is -2.46. The monoisotopic (exact) mass is 254 g/mol. The molecule has 0 radical (unpaired) electrons. The van der Waals surface area contributed by atoms with Gasteiger partial charge in [-0.3, -0.25) is 4.98 Å². The van der Waals surface area contributed by atoms with Crippen LogP contribution in [-0.2, 0) is 5.60 Å².